The molecule has 2 N–H and O–H groups in total. The van der Waals surface area contributed by atoms with E-state index in [4.69, 9.17) is 5.73 Å². The normalized spacial score (nSPS) is 16.7. The topological polar surface area (TPSA) is 46.3 Å². The summed E-state index contributed by atoms with van der Waals surface area (Å²) in [6, 6.07) is 14.7. The van der Waals surface area contributed by atoms with Gasteiger partial charge in [-0.3, -0.25) is 4.79 Å². The molecule has 0 spiro atoms. The highest BCUT2D eigenvalue weighted by atomic mass is 35.5. The molecule has 4 heteroatoms. The molecular weight excluding hydrogens is 296 g/mol. The highest BCUT2D eigenvalue weighted by Gasteiger charge is 2.37. The van der Waals surface area contributed by atoms with Gasteiger partial charge >= 0.3 is 0 Å². The van der Waals surface area contributed by atoms with Crippen molar-refractivity contribution in [3.8, 4) is 0 Å². The lowest BCUT2D eigenvalue weighted by molar-refractivity contribution is -0.135. The fourth-order valence-electron chi connectivity index (χ4n) is 2.90. The molecule has 0 radical (unpaired) electrons. The van der Waals surface area contributed by atoms with Gasteiger partial charge in [-0.1, -0.05) is 36.4 Å². The monoisotopic (exact) mass is 318 g/mol. The van der Waals surface area contributed by atoms with E-state index < -0.39 is 6.04 Å². The first-order chi connectivity index (χ1) is 10.1. The number of halogens is 1. The molecule has 1 aliphatic rings. The number of carbonyl (C=O) groups excluding carboxylic acids is 1. The molecule has 118 valence electrons. The SMILES string of the molecule is CC(c1ccc2ccccc2c1)N(C(=O)[C@H](C)N)C1CC1.Cl. The van der Waals surface area contributed by atoms with Gasteiger partial charge in [-0.15, -0.1) is 12.4 Å². The maximum Gasteiger partial charge on any atom is 0.239 e. The number of rotatable bonds is 4. The summed E-state index contributed by atoms with van der Waals surface area (Å²) in [6.45, 7) is 3.87. The average Bonchev–Trinajstić information content (AvgIpc) is 3.31. The van der Waals surface area contributed by atoms with E-state index in [0.29, 0.717) is 6.04 Å². The lowest BCUT2D eigenvalue weighted by Gasteiger charge is -2.31. The van der Waals surface area contributed by atoms with Crippen molar-refractivity contribution in [2.24, 2.45) is 5.73 Å². The maximum atomic E-state index is 12.4. The van der Waals surface area contributed by atoms with Crippen LogP contribution in [0.5, 0.6) is 0 Å². The van der Waals surface area contributed by atoms with Gasteiger partial charge in [-0.25, -0.2) is 0 Å². The predicted molar refractivity (Wildman–Crippen MR) is 93.1 cm³/mol. The summed E-state index contributed by atoms with van der Waals surface area (Å²) in [7, 11) is 0. The van der Waals surface area contributed by atoms with E-state index in [1.54, 1.807) is 6.92 Å². The van der Waals surface area contributed by atoms with Crippen molar-refractivity contribution in [2.45, 2.75) is 44.8 Å². The summed E-state index contributed by atoms with van der Waals surface area (Å²) >= 11 is 0. The summed E-state index contributed by atoms with van der Waals surface area (Å²) in [5, 5.41) is 2.44. The number of amides is 1. The quantitative estimate of drug-likeness (QED) is 0.935. The molecule has 2 aromatic rings. The first-order valence-electron chi connectivity index (χ1n) is 7.64. The second-order valence-electron chi connectivity index (χ2n) is 6.05. The van der Waals surface area contributed by atoms with E-state index in [-0.39, 0.29) is 24.4 Å². The summed E-state index contributed by atoms with van der Waals surface area (Å²) in [6.07, 6.45) is 2.19. The van der Waals surface area contributed by atoms with Crippen LogP contribution < -0.4 is 5.73 Å². The first kappa shape index (κ1) is 16.8. The third-order valence-corrected chi connectivity index (χ3v) is 4.26. The lowest BCUT2D eigenvalue weighted by atomic mass is 10.0. The Morgan fingerprint density at radius 2 is 1.77 bits per heavy atom. The molecule has 1 aliphatic carbocycles. The van der Waals surface area contributed by atoms with Crippen LogP contribution in [0.4, 0.5) is 0 Å². The van der Waals surface area contributed by atoms with Gasteiger partial charge in [0.1, 0.15) is 0 Å². The fourth-order valence-corrected chi connectivity index (χ4v) is 2.90. The Labute approximate surface area is 137 Å². The second-order valence-corrected chi connectivity index (χ2v) is 6.05. The highest BCUT2D eigenvalue weighted by Crippen LogP contribution is 2.35. The molecule has 0 aliphatic heterocycles. The molecule has 1 fully saturated rings. The maximum absolute atomic E-state index is 12.4. The van der Waals surface area contributed by atoms with E-state index in [2.05, 4.69) is 37.3 Å². The molecule has 3 rings (SSSR count). The smallest absolute Gasteiger partial charge is 0.239 e. The zero-order valence-corrected chi connectivity index (χ0v) is 13.8. The Kier molecular flexibility index (Phi) is 5.09. The summed E-state index contributed by atoms with van der Waals surface area (Å²) in [4.78, 5) is 14.4. The molecular formula is C18H23ClN2O. The Balaban J connectivity index is 0.00000176. The third-order valence-electron chi connectivity index (χ3n) is 4.26. The van der Waals surface area contributed by atoms with Gasteiger partial charge in [0.25, 0.3) is 0 Å². The van der Waals surface area contributed by atoms with Crippen molar-refractivity contribution in [1.29, 1.82) is 0 Å². The van der Waals surface area contributed by atoms with Crippen LogP contribution in [0.2, 0.25) is 0 Å². The van der Waals surface area contributed by atoms with Gasteiger partial charge in [-0.05, 0) is 49.1 Å². The number of hydrogen-bond acceptors (Lipinski definition) is 2. The first-order valence-corrected chi connectivity index (χ1v) is 7.64. The van der Waals surface area contributed by atoms with Crippen molar-refractivity contribution < 1.29 is 4.79 Å². The molecule has 1 unspecified atom stereocenters. The molecule has 0 heterocycles. The van der Waals surface area contributed by atoms with Gasteiger partial charge in [0, 0.05) is 6.04 Å². The van der Waals surface area contributed by atoms with Gasteiger partial charge in [-0.2, -0.15) is 0 Å². The minimum absolute atomic E-state index is 0. The van der Waals surface area contributed by atoms with Crippen LogP contribution in [0, 0.1) is 0 Å². The van der Waals surface area contributed by atoms with Crippen LogP contribution in [0.1, 0.15) is 38.3 Å². The van der Waals surface area contributed by atoms with Crippen molar-refractivity contribution in [1.82, 2.24) is 4.90 Å². The minimum Gasteiger partial charge on any atom is -0.332 e. The second kappa shape index (κ2) is 6.67. The van der Waals surface area contributed by atoms with Crippen LogP contribution in [0.25, 0.3) is 10.8 Å². The Hall–Kier alpha value is -1.58. The van der Waals surface area contributed by atoms with E-state index in [9.17, 15) is 4.79 Å². The molecule has 0 saturated heterocycles. The van der Waals surface area contributed by atoms with Crippen molar-refractivity contribution in [3.05, 3.63) is 48.0 Å². The molecule has 22 heavy (non-hydrogen) atoms. The lowest BCUT2D eigenvalue weighted by Crippen LogP contribution is -2.44. The third kappa shape index (κ3) is 3.26. The van der Waals surface area contributed by atoms with Crippen LogP contribution in [-0.2, 0) is 4.79 Å². The molecule has 0 aromatic heterocycles. The largest absolute Gasteiger partial charge is 0.332 e. The average molecular weight is 319 g/mol. The van der Waals surface area contributed by atoms with Gasteiger partial charge in [0.15, 0.2) is 0 Å². The zero-order chi connectivity index (χ0) is 15.0. The molecule has 0 bridgehead atoms. The van der Waals surface area contributed by atoms with Gasteiger partial charge in [0.2, 0.25) is 5.91 Å². The number of hydrogen-bond donors (Lipinski definition) is 1. The zero-order valence-electron chi connectivity index (χ0n) is 13.0. The van der Waals surface area contributed by atoms with E-state index in [1.165, 1.54) is 16.3 Å². The Morgan fingerprint density at radius 1 is 1.14 bits per heavy atom. The summed E-state index contributed by atoms with van der Waals surface area (Å²) in [5.74, 6) is 0.0539. The van der Waals surface area contributed by atoms with Crippen LogP contribution in [0.3, 0.4) is 0 Å². The van der Waals surface area contributed by atoms with Crippen LogP contribution in [-0.4, -0.2) is 22.9 Å². The highest BCUT2D eigenvalue weighted by molar-refractivity contribution is 5.85. The van der Waals surface area contributed by atoms with Crippen molar-refractivity contribution >= 4 is 29.1 Å². The Bertz CT molecular complexity index is 667. The standard InChI is InChI=1S/C18H22N2O.ClH/c1-12(19)18(21)20(17-9-10-17)13(2)15-8-7-14-5-3-4-6-16(14)11-15;/h3-8,11-13,17H,9-10,19H2,1-2H3;1H/t12-,13?;/m0./s1. The Morgan fingerprint density at radius 3 is 2.36 bits per heavy atom. The number of nitrogens with zero attached hydrogens (tertiary/aromatic N) is 1. The van der Waals surface area contributed by atoms with E-state index >= 15 is 0 Å². The van der Waals surface area contributed by atoms with Gasteiger partial charge < -0.3 is 10.6 Å². The predicted octanol–water partition coefficient (Wildman–Crippen LogP) is 3.66. The molecule has 3 nitrogen and oxygen atoms in total. The molecule has 1 saturated carbocycles. The van der Waals surface area contributed by atoms with Gasteiger partial charge in [0.05, 0.1) is 12.1 Å². The number of fused-ring (bicyclic) bond motifs is 1. The molecule has 2 atom stereocenters. The molecule has 2 aromatic carbocycles. The van der Waals surface area contributed by atoms with Crippen LogP contribution >= 0.6 is 12.4 Å². The number of benzene rings is 2. The van der Waals surface area contributed by atoms with E-state index in [0.717, 1.165) is 12.8 Å². The van der Waals surface area contributed by atoms with Crippen LogP contribution in [0.15, 0.2) is 42.5 Å². The fraction of sp³-hybridized carbons (Fsp3) is 0.389. The van der Waals surface area contributed by atoms with E-state index in [1.807, 2.05) is 17.0 Å². The van der Waals surface area contributed by atoms with Crippen molar-refractivity contribution in [2.75, 3.05) is 0 Å². The van der Waals surface area contributed by atoms with Crippen molar-refractivity contribution in [3.63, 3.8) is 0 Å². The number of nitrogens with two attached hydrogens (primary N) is 1. The molecule has 1 amide bonds. The summed E-state index contributed by atoms with van der Waals surface area (Å²) < 4.78 is 0. The number of carbonyl (C=O) groups is 1. The minimum atomic E-state index is -0.437. The summed E-state index contributed by atoms with van der Waals surface area (Å²) in [5.41, 5.74) is 6.99.